The van der Waals surface area contributed by atoms with Gasteiger partial charge in [0.1, 0.15) is 24.9 Å². The molecule has 0 spiro atoms. The molecule has 2 amide bonds. The second kappa shape index (κ2) is 15.8. The average molecular weight is 654 g/mol. The van der Waals surface area contributed by atoms with E-state index in [2.05, 4.69) is 5.32 Å². The summed E-state index contributed by atoms with van der Waals surface area (Å²) in [6.45, 7) is 2.04. The Bertz CT molecular complexity index is 1720. The number of nitrogens with zero attached hydrogens (tertiary/aromatic N) is 2. The molecule has 246 valence electrons. The molecular weight excluding hydrogens is 611 g/mol. The van der Waals surface area contributed by atoms with Crippen LogP contribution in [0.3, 0.4) is 0 Å². The van der Waals surface area contributed by atoms with Crippen molar-refractivity contribution >= 4 is 27.5 Å². The van der Waals surface area contributed by atoms with E-state index in [-0.39, 0.29) is 18.5 Å². The first kappa shape index (κ1) is 33.7. The van der Waals surface area contributed by atoms with Crippen LogP contribution in [-0.4, -0.2) is 50.0 Å². The van der Waals surface area contributed by atoms with Gasteiger partial charge in [-0.3, -0.25) is 13.9 Å². The van der Waals surface area contributed by atoms with Gasteiger partial charge in [0.25, 0.3) is 0 Å². The lowest BCUT2D eigenvalue weighted by Gasteiger charge is -2.34. The highest BCUT2D eigenvalue weighted by molar-refractivity contribution is 7.92. The van der Waals surface area contributed by atoms with Crippen molar-refractivity contribution in [3.63, 3.8) is 0 Å². The first-order chi connectivity index (χ1) is 22.7. The van der Waals surface area contributed by atoms with E-state index in [1.807, 2.05) is 91.9 Å². The van der Waals surface area contributed by atoms with E-state index >= 15 is 0 Å². The molecule has 1 aliphatic rings. The van der Waals surface area contributed by atoms with Gasteiger partial charge < -0.3 is 15.0 Å². The standard InChI is InChI=1S/C38H43N3O5S/c1-29-12-11-17-32(24-29)26-40(36(25-30-13-5-3-6-14-30)38(43)39-33-18-9-10-19-33)37(42)27-41(47(2,44)45)34-20-22-35(23-21-34)46-28-31-15-7-4-8-16-31/h3-8,11-17,20-24,33,36H,9-10,18-19,25-28H2,1-2H3,(H,39,43)/t36-/m0/s1. The summed E-state index contributed by atoms with van der Waals surface area (Å²) < 4.78 is 33.3. The van der Waals surface area contributed by atoms with Crippen LogP contribution in [0.4, 0.5) is 5.69 Å². The lowest BCUT2D eigenvalue weighted by Crippen LogP contribution is -2.54. The summed E-state index contributed by atoms with van der Waals surface area (Å²) in [4.78, 5) is 29.9. The number of nitrogens with one attached hydrogen (secondary N) is 1. The summed E-state index contributed by atoms with van der Waals surface area (Å²) in [5, 5.41) is 3.20. The first-order valence-electron chi connectivity index (χ1n) is 16.1. The Hall–Kier alpha value is -4.63. The maximum absolute atomic E-state index is 14.4. The van der Waals surface area contributed by atoms with Crippen molar-refractivity contribution in [2.45, 2.75) is 64.3 Å². The van der Waals surface area contributed by atoms with Crippen molar-refractivity contribution in [1.29, 1.82) is 0 Å². The minimum absolute atomic E-state index is 0.0619. The second-order valence-corrected chi connectivity index (χ2v) is 14.2. The number of amides is 2. The number of hydrogen-bond acceptors (Lipinski definition) is 5. The van der Waals surface area contributed by atoms with Crippen molar-refractivity contribution in [3.05, 3.63) is 131 Å². The van der Waals surface area contributed by atoms with Crippen LogP contribution in [0.2, 0.25) is 0 Å². The zero-order valence-corrected chi connectivity index (χ0v) is 27.9. The molecule has 0 bridgehead atoms. The topological polar surface area (TPSA) is 96.0 Å². The smallest absolute Gasteiger partial charge is 0.244 e. The van der Waals surface area contributed by atoms with E-state index in [0.717, 1.165) is 58.5 Å². The lowest BCUT2D eigenvalue weighted by atomic mass is 10.0. The van der Waals surface area contributed by atoms with Gasteiger partial charge in [0.05, 0.1) is 11.9 Å². The van der Waals surface area contributed by atoms with Crippen LogP contribution in [0.25, 0.3) is 0 Å². The maximum atomic E-state index is 14.4. The number of carbonyl (C=O) groups is 2. The van der Waals surface area contributed by atoms with Gasteiger partial charge in [-0.1, -0.05) is 103 Å². The molecule has 1 saturated carbocycles. The van der Waals surface area contributed by atoms with Crippen LogP contribution >= 0.6 is 0 Å². The van der Waals surface area contributed by atoms with Gasteiger partial charge in [-0.05, 0) is 60.7 Å². The normalized spacial score (nSPS) is 13.9. The Morgan fingerprint density at radius 2 is 1.45 bits per heavy atom. The van der Waals surface area contributed by atoms with Crippen molar-refractivity contribution in [2.24, 2.45) is 0 Å². The SMILES string of the molecule is Cc1cccc(CN(C(=O)CN(c2ccc(OCc3ccccc3)cc2)S(C)(=O)=O)[C@@H](Cc2ccccc2)C(=O)NC2CCCC2)c1. The third kappa shape index (κ3) is 9.68. The van der Waals surface area contributed by atoms with Crippen molar-refractivity contribution in [2.75, 3.05) is 17.1 Å². The molecular formula is C38H43N3O5S. The van der Waals surface area contributed by atoms with Crippen LogP contribution < -0.4 is 14.4 Å². The molecule has 1 N–H and O–H groups in total. The van der Waals surface area contributed by atoms with E-state index in [9.17, 15) is 18.0 Å². The van der Waals surface area contributed by atoms with Crippen molar-refractivity contribution in [3.8, 4) is 5.75 Å². The molecule has 0 unspecified atom stereocenters. The zero-order chi connectivity index (χ0) is 33.2. The number of hydrogen-bond donors (Lipinski definition) is 1. The molecule has 8 nitrogen and oxygen atoms in total. The Labute approximate surface area is 278 Å². The number of ether oxygens (including phenoxy) is 1. The zero-order valence-electron chi connectivity index (χ0n) is 27.0. The van der Waals surface area contributed by atoms with E-state index in [0.29, 0.717) is 24.5 Å². The summed E-state index contributed by atoms with van der Waals surface area (Å²) in [5.74, 6) is -0.124. The molecule has 0 aromatic heterocycles. The number of benzene rings is 4. The molecule has 9 heteroatoms. The lowest BCUT2D eigenvalue weighted by molar-refractivity contribution is -0.140. The van der Waals surface area contributed by atoms with Gasteiger partial charge in [0, 0.05) is 19.0 Å². The first-order valence-corrected chi connectivity index (χ1v) is 17.9. The summed E-state index contributed by atoms with van der Waals surface area (Å²) in [6, 6.07) is 33.0. The third-order valence-electron chi connectivity index (χ3n) is 8.46. The Kier molecular flexibility index (Phi) is 11.3. The van der Waals surface area contributed by atoms with Gasteiger partial charge in [-0.2, -0.15) is 0 Å². The Morgan fingerprint density at radius 1 is 0.830 bits per heavy atom. The van der Waals surface area contributed by atoms with E-state index in [4.69, 9.17) is 4.74 Å². The second-order valence-electron chi connectivity index (χ2n) is 12.2. The third-order valence-corrected chi connectivity index (χ3v) is 9.60. The number of carbonyl (C=O) groups excluding carboxylic acids is 2. The summed E-state index contributed by atoms with van der Waals surface area (Å²) in [6.07, 6.45) is 5.30. The van der Waals surface area contributed by atoms with Crippen LogP contribution in [0, 0.1) is 6.92 Å². The quantitative estimate of drug-likeness (QED) is 0.179. The highest BCUT2D eigenvalue weighted by Gasteiger charge is 2.34. The van der Waals surface area contributed by atoms with Crippen LogP contribution in [0.1, 0.15) is 47.9 Å². The van der Waals surface area contributed by atoms with Crippen molar-refractivity contribution in [1.82, 2.24) is 10.2 Å². The van der Waals surface area contributed by atoms with Crippen LogP contribution in [0.5, 0.6) is 5.75 Å². The molecule has 4 aromatic rings. The highest BCUT2D eigenvalue weighted by Crippen LogP contribution is 2.25. The number of anilines is 1. The minimum atomic E-state index is -3.87. The predicted octanol–water partition coefficient (Wildman–Crippen LogP) is 6.04. The molecule has 1 fully saturated rings. The minimum Gasteiger partial charge on any atom is -0.489 e. The van der Waals surface area contributed by atoms with E-state index < -0.39 is 28.5 Å². The largest absolute Gasteiger partial charge is 0.489 e. The number of aryl methyl sites for hydroxylation is 1. The van der Waals surface area contributed by atoms with Crippen molar-refractivity contribution < 1.29 is 22.7 Å². The molecule has 47 heavy (non-hydrogen) atoms. The molecule has 0 radical (unpaired) electrons. The highest BCUT2D eigenvalue weighted by atomic mass is 32.2. The van der Waals surface area contributed by atoms with Crippen LogP contribution in [-0.2, 0) is 39.2 Å². The molecule has 0 saturated heterocycles. The summed E-state index contributed by atoms with van der Waals surface area (Å²) in [7, 11) is -3.87. The molecule has 1 aliphatic carbocycles. The van der Waals surface area contributed by atoms with Gasteiger partial charge in [-0.15, -0.1) is 0 Å². The number of sulfonamides is 1. The molecule has 4 aromatic carbocycles. The summed E-state index contributed by atoms with van der Waals surface area (Å²) >= 11 is 0. The Balaban J connectivity index is 1.43. The number of rotatable bonds is 14. The molecule has 1 atom stereocenters. The maximum Gasteiger partial charge on any atom is 0.244 e. The van der Waals surface area contributed by atoms with E-state index in [1.165, 1.54) is 0 Å². The fourth-order valence-corrected chi connectivity index (χ4v) is 6.84. The summed E-state index contributed by atoms with van der Waals surface area (Å²) in [5.41, 5.74) is 4.13. The van der Waals surface area contributed by atoms with Crippen LogP contribution in [0.15, 0.2) is 109 Å². The van der Waals surface area contributed by atoms with Gasteiger partial charge in [-0.25, -0.2) is 8.42 Å². The average Bonchev–Trinajstić information content (AvgIpc) is 3.58. The Morgan fingerprint density at radius 3 is 2.06 bits per heavy atom. The van der Waals surface area contributed by atoms with E-state index in [1.54, 1.807) is 29.2 Å². The fourth-order valence-electron chi connectivity index (χ4n) is 5.99. The fraction of sp³-hybridized carbons (Fsp3) is 0.316. The molecule has 0 heterocycles. The van der Waals surface area contributed by atoms with Gasteiger partial charge in [0.2, 0.25) is 21.8 Å². The monoisotopic (exact) mass is 653 g/mol. The van der Waals surface area contributed by atoms with Gasteiger partial charge >= 0.3 is 0 Å². The molecule has 0 aliphatic heterocycles. The molecule has 5 rings (SSSR count). The predicted molar refractivity (Wildman–Crippen MR) is 185 cm³/mol. The van der Waals surface area contributed by atoms with Gasteiger partial charge in [0.15, 0.2) is 0 Å².